The molecule has 0 atom stereocenters. The second-order valence-electron chi connectivity index (χ2n) is 21.4. The molecular formula is C57H59BN2O2. The van der Waals surface area contributed by atoms with Crippen LogP contribution in [-0.4, -0.2) is 6.71 Å². The molecule has 0 spiro atoms. The van der Waals surface area contributed by atoms with E-state index >= 15 is 0 Å². The Bertz CT molecular complexity index is 3030. The van der Waals surface area contributed by atoms with Crippen molar-refractivity contribution in [2.24, 2.45) is 0 Å². The van der Waals surface area contributed by atoms with Gasteiger partial charge in [-0.2, -0.15) is 0 Å². The first kappa shape index (κ1) is 40.2. The van der Waals surface area contributed by atoms with Crippen LogP contribution in [0.4, 0.5) is 34.3 Å². The normalized spacial score (nSPS) is 13.9. The lowest BCUT2D eigenvalue weighted by Crippen LogP contribution is -2.61. The Morgan fingerprint density at radius 1 is 0.532 bits per heavy atom. The number of anilines is 6. The minimum atomic E-state index is -0.0678. The van der Waals surface area contributed by atoms with Gasteiger partial charge in [-0.1, -0.05) is 125 Å². The first-order valence-corrected chi connectivity index (χ1v) is 22.5. The van der Waals surface area contributed by atoms with Crippen LogP contribution in [0.15, 0.2) is 124 Å². The number of benzene rings is 6. The molecule has 4 nitrogen and oxygen atoms in total. The average Bonchev–Trinajstić information content (AvgIpc) is 3.82. The molecule has 0 saturated carbocycles. The van der Waals surface area contributed by atoms with Crippen LogP contribution >= 0.6 is 0 Å². The van der Waals surface area contributed by atoms with E-state index in [1.165, 1.54) is 61.1 Å². The van der Waals surface area contributed by atoms with E-state index < -0.39 is 0 Å². The predicted octanol–water partition coefficient (Wildman–Crippen LogP) is 14.6. The Balaban J connectivity index is 1.31. The van der Waals surface area contributed by atoms with Crippen LogP contribution in [0.5, 0.6) is 0 Å². The Labute approximate surface area is 368 Å². The zero-order valence-electron chi connectivity index (χ0n) is 38.8. The largest absolute Gasteiger partial charge is 0.456 e. The first-order valence-electron chi connectivity index (χ1n) is 22.5. The third kappa shape index (κ3) is 6.33. The summed E-state index contributed by atoms with van der Waals surface area (Å²) >= 11 is 0. The quantitative estimate of drug-likeness (QED) is 0.166. The molecule has 0 aliphatic carbocycles. The Morgan fingerprint density at radius 2 is 1.13 bits per heavy atom. The van der Waals surface area contributed by atoms with Crippen LogP contribution in [0, 0.1) is 13.8 Å². The van der Waals surface area contributed by atoms with E-state index in [-0.39, 0.29) is 28.9 Å². The molecule has 2 aliphatic heterocycles. The molecule has 10 rings (SSSR count). The van der Waals surface area contributed by atoms with Crippen LogP contribution in [0.2, 0.25) is 0 Å². The van der Waals surface area contributed by atoms with E-state index in [0.29, 0.717) is 0 Å². The highest BCUT2D eigenvalue weighted by atomic mass is 16.4. The Hall–Kier alpha value is -5.94. The highest BCUT2D eigenvalue weighted by molar-refractivity contribution is 7.01. The molecule has 0 saturated heterocycles. The van der Waals surface area contributed by atoms with Crippen molar-refractivity contribution >= 4 is 79.4 Å². The summed E-state index contributed by atoms with van der Waals surface area (Å²) in [6.07, 6.45) is 0. The van der Waals surface area contributed by atoms with Gasteiger partial charge in [-0.05, 0) is 147 Å². The van der Waals surface area contributed by atoms with Gasteiger partial charge >= 0.3 is 0 Å². The van der Waals surface area contributed by atoms with E-state index in [9.17, 15) is 0 Å². The number of fused-ring (bicyclic) bond motifs is 7. The topological polar surface area (TPSA) is 32.8 Å². The van der Waals surface area contributed by atoms with Gasteiger partial charge in [-0.3, -0.25) is 4.90 Å². The zero-order chi connectivity index (χ0) is 43.8. The molecule has 0 fully saturated rings. The second kappa shape index (κ2) is 13.8. The number of rotatable bonds is 4. The van der Waals surface area contributed by atoms with Crippen LogP contribution in [0.1, 0.15) is 115 Å². The van der Waals surface area contributed by atoms with Crippen molar-refractivity contribution in [2.45, 2.75) is 112 Å². The van der Waals surface area contributed by atoms with Crippen molar-refractivity contribution in [3.8, 4) is 11.3 Å². The van der Waals surface area contributed by atoms with Crippen LogP contribution < -0.4 is 26.2 Å². The molecule has 5 heteroatoms. The molecule has 8 aromatic rings. The molecule has 312 valence electrons. The molecule has 0 N–H and O–H groups in total. The van der Waals surface area contributed by atoms with Gasteiger partial charge in [0.2, 0.25) is 5.88 Å². The summed E-state index contributed by atoms with van der Waals surface area (Å²) in [5.41, 5.74) is 20.1. The van der Waals surface area contributed by atoms with Crippen molar-refractivity contribution in [2.75, 3.05) is 9.80 Å². The van der Waals surface area contributed by atoms with Gasteiger partial charge in [0.05, 0.1) is 5.69 Å². The summed E-state index contributed by atoms with van der Waals surface area (Å²) in [6.45, 7) is 29.8. The third-order valence-corrected chi connectivity index (χ3v) is 13.5. The molecule has 2 aliphatic rings. The minimum absolute atomic E-state index is 0.0402. The number of hydrogen-bond donors (Lipinski definition) is 0. The Kier molecular flexibility index (Phi) is 8.93. The highest BCUT2D eigenvalue weighted by Gasteiger charge is 2.47. The number of hydrogen-bond acceptors (Lipinski definition) is 4. The van der Waals surface area contributed by atoms with E-state index in [4.69, 9.17) is 8.83 Å². The van der Waals surface area contributed by atoms with Gasteiger partial charge in [0.15, 0.2) is 0 Å². The van der Waals surface area contributed by atoms with E-state index in [2.05, 4.69) is 203 Å². The SMILES string of the molecule is Cc1cc(-c2cc3ccccc3o2)cc(C)c1N1c2cc(C(C)C)cc3c2B(c2cc(C(C)(C)C)ccc2N3c2ccc(C(C)(C)C)cc2)c2c1oc1ccc(C(C)(C)C)cc21. The molecule has 0 bridgehead atoms. The van der Waals surface area contributed by atoms with E-state index in [1.54, 1.807) is 0 Å². The van der Waals surface area contributed by atoms with Crippen molar-refractivity contribution in [3.63, 3.8) is 0 Å². The van der Waals surface area contributed by atoms with E-state index in [1.807, 2.05) is 12.1 Å². The van der Waals surface area contributed by atoms with Gasteiger partial charge in [0.25, 0.3) is 6.71 Å². The van der Waals surface area contributed by atoms with Crippen molar-refractivity contribution in [3.05, 3.63) is 149 Å². The summed E-state index contributed by atoms with van der Waals surface area (Å²) < 4.78 is 13.7. The summed E-state index contributed by atoms with van der Waals surface area (Å²) in [6, 6.07) is 43.4. The number of nitrogens with zero attached hydrogens (tertiary/aromatic N) is 2. The van der Waals surface area contributed by atoms with Gasteiger partial charge in [-0.15, -0.1) is 0 Å². The Morgan fingerprint density at radius 3 is 1.76 bits per heavy atom. The monoisotopic (exact) mass is 814 g/mol. The summed E-state index contributed by atoms with van der Waals surface area (Å²) in [4.78, 5) is 5.02. The van der Waals surface area contributed by atoms with Crippen LogP contribution in [0.25, 0.3) is 33.3 Å². The molecule has 6 aromatic carbocycles. The molecule has 4 heterocycles. The first-order chi connectivity index (χ1) is 29.3. The van der Waals surface area contributed by atoms with Gasteiger partial charge < -0.3 is 13.7 Å². The van der Waals surface area contributed by atoms with Crippen LogP contribution in [0.3, 0.4) is 0 Å². The van der Waals surface area contributed by atoms with Gasteiger partial charge in [0, 0.05) is 44.5 Å². The average molecular weight is 815 g/mol. The van der Waals surface area contributed by atoms with Crippen molar-refractivity contribution in [1.82, 2.24) is 0 Å². The second-order valence-corrected chi connectivity index (χ2v) is 21.4. The molecule has 2 aromatic heterocycles. The smallest absolute Gasteiger partial charge is 0.257 e. The number of furan rings is 2. The van der Waals surface area contributed by atoms with E-state index in [0.717, 1.165) is 56.3 Å². The fraction of sp³-hybridized carbons (Fsp3) is 0.298. The third-order valence-electron chi connectivity index (χ3n) is 13.5. The van der Waals surface area contributed by atoms with Crippen LogP contribution in [-0.2, 0) is 16.2 Å². The maximum absolute atomic E-state index is 7.31. The fourth-order valence-corrected chi connectivity index (χ4v) is 9.99. The maximum atomic E-state index is 7.31. The van der Waals surface area contributed by atoms with Gasteiger partial charge in [0.1, 0.15) is 16.9 Å². The molecular weight excluding hydrogens is 755 g/mol. The molecule has 0 unspecified atom stereocenters. The lowest BCUT2D eigenvalue weighted by Gasteiger charge is -2.44. The standard InChI is InChI=1S/C57H59BN2O2/c1-33(2)37-28-46-52-47(29-37)60(53-34(3)26-38(27-35(53)4)50-30-36-16-14-15-17-48(36)61-50)54-51(43-31-40(56(8,9)10)21-25-49(43)62-54)58(52)44-32-41(57(11,12)13)20-24-45(44)59(46)42-22-18-39(19-23-42)55(5,6)7/h14-33H,1-13H3. The van der Waals surface area contributed by atoms with Crippen molar-refractivity contribution in [1.29, 1.82) is 0 Å². The number of aryl methyl sites for hydroxylation is 2. The molecule has 0 radical (unpaired) electrons. The number of para-hydroxylation sites is 1. The lowest BCUT2D eigenvalue weighted by atomic mass is 9.33. The highest BCUT2D eigenvalue weighted by Crippen LogP contribution is 2.49. The van der Waals surface area contributed by atoms with Gasteiger partial charge in [-0.25, -0.2) is 0 Å². The lowest BCUT2D eigenvalue weighted by molar-refractivity contribution is 0.589. The fourth-order valence-electron chi connectivity index (χ4n) is 9.99. The zero-order valence-corrected chi connectivity index (χ0v) is 38.8. The molecule has 62 heavy (non-hydrogen) atoms. The minimum Gasteiger partial charge on any atom is -0.456 e. The predicted molar refractivity (Wildman–Crippen MR) is 265 cm³/mol. The molecule has 0 amide bonds. The maximum Gasteiger partial charge on any atom is 0.257 e. The summed E-state index contributed by atoms with van der Waals surface area (Å²) in [7, 11) is 0. The van der Waals surface area contributed by atoms with Crippen molar-refractivity contribution < 1.29 is 8.83 Å². The summed E-state index contributed by atoms with van der Waals surface area (Å²) in [5.74, 6) is 2.06. The summed E-state index contributed by atoms with van der Waals surface area (Å²) in [5, 5.41) is 2.28.